The summed E-state index contributed by atoms with van der Waals surface area (Å²) in [5, 5.41) is 15.1. The van der Waals surface area contributed by atoms with Crippen LogP contribution in [0.5, 0.6) is 0 Å². The average Bonchev–Trinajstić information content (AvgIpc) is 2.84. The summed E-state index contributed by atoms with van der Waals surface area (Å²) in [5.74, 6) is -0.573. The lowest BCUT2D eigenvalue weighted by Gasteiger charge is -2.11. The number of aliphatic hydroxyl groups excluding tert-OH is 1. The molecule has 1 heterocycles. The van der Waals surface area contributed by atoms with Crippen LogP contribution in [0.3, 0.4) is 0 Å². The van der Waals surface area contributed by atoms with Crippen molar-refractivity contribution in [2.24, 2.45) is 13.0 Å². The summed E-state index contributed by atoms with van der Waals surface area (Å²) in [5.41, 5.74) is 1.50. The van der Waals surface area contributed by atoms with Crippen LogP contribution in [0, 0.1) is 5.92 Å². The van der Waals surface area contributed by atoms with Crippen molar-refractivity contribution in [2.45, 2.75) is 6.92 Å². The minimum atomic E-state index is -0.525. The van der Waals surface area contributed by atoms with E-state index in [4.69, 9.17) is 9.84 Å². The van der Waals surface area contributed by atoms with E-state index in [1.165, 1.54) is 7.11 Å². The average molecular weight is 319 g/mol. The molecule has 7 nitrogen and oxygen atoms in total. The Kier molecular flexibility index (Phi) is 5.23. The predicted molar refractivity (Wildman–Crippen MR) is 87.5 cm³/mol. The van der Waals surface area contributed by atoms with Crippen molar-refractivity contribution in [1.82, 2.24) is 9.88 Å². The Hall–Kier alpha value is -2.54. The summed E-state index contributed by atoms with van der Waals surface area (Å²) < 4.78 is 6.51. The maximum atomic E-state index is 12.1. The molecular formula is C16H21N3O4. The number of hydrogen-bond donors (Lipinski definition) is 3. The van der Waals surface area contributed by atoms with E-state index in [1.807, 2.05) is 31.2 Å². The number of para-hydroxylation sites is 1. The zero-order chi connectivity index (χ0) is 17.0. The number of nitrogens with one attached hydrogen (secondary N) is 2. The lowest BCUT2D eigenvalue weighted by molar-refractivity contribution is 0.0591. The maximum Gasteiger partial charge on any atom is 0.356 e. The second-order valence-corrected chi connectivity index (χ2v) is 5.41. The van der Waals surface area contributed by atoms with Crippen molar-refractivity contribution in [1.29, 1.82) is 0 Å². The van der Waals surface area contributed by atoms with E-state index in [0.717, 1.165) is 10.9 Å². The normalized spacial score (nSPS) is 12.0. The zero-order valence-corrected chi connectivity index (χ0v) is 13.4. The quantitative estimate of drug-likeness (QED) is 0.732. The highest BCUT2D eigenvalue weighted by Gasteiger charge is 2.23. The van der Waals surface area contributed by atoms with Gasteiger partial charge >= 0.3 is 12.0 Å². The van der Waals surface area contributed by atoms with Gasteiger partial charge in [0.05, 0.1) is 18.3 Å². The summed E-state index contributed by atoms with van der Waals surface area (Å²) in [4.78, 5) is 24.2. The van der Waals surface area contributed by atoms with Gasteiger partial charge in [-0.05, 0) is 12.0 Å². The third-order valence-electron chi connectivity index (χ3n) is 3.65. The molecule has 124 valence electrons. The number of rotatable bonds is 5. The summed E-state index contributed by atoms with van der Waals surface area (Å²) in [7, 11) is 3.04. The van der Waals surface area contributed by atoms with Gasteiger partial charge in [0.15, 0.2) is 5.69 Å². The molecule has 0 radical (unpaired) electrons. The van der Waals surface area contributed by atoms with Crippen LogP contribution < -0.4 is 10.6 Å². The van der Waals surface area contributed by atoms with Gasteiger partial charge in [0.2, 0.25) is 0 Å². The van der Waals surface area contributed by atoms with Gasteiger partial charge in [-0.15, -0.1) is 0 Å². The number of aliphatic hydroxyl groups is 1. The number of ether oxygens (including phenoxy) is 1. The maximum absolute atomic E-state index is 12.1. The Morgan fingerprint density at radius 1 is 1.35 bits per heavy atom. The molecule has 2 amide bonds. The monoisotopic (exact) mass is 319 g/mol. The third-order valence-corrected chi connectivity index (χ3v) is 3.65. The van der Waals surface area contributed by atoms with Crippen molar-refractivity contribution in [3.63, 3.8) is 0 Å². The summed E-state index contributed by atoms with van der Waals surface area (Å²) in [6, 6.07) is 6.94. The first-order valence-corrected chi connectivity index (χ1v) is 7.31. The summed E-state index contributed by atoms with van der Waals surface area (Å²) in [6.45, 7) is 2.14. The first kappa shape index (κ1) is 16.8. The number of aryl methyl sites for hydroxylation is 1. The molecule has 0 spiro atoms. The first-order chi connectivity index (χ1) is 11.0. The highest BCUT2D eigenvalue weighted by molar-refractivity contribution is 6.11. The second kappa shape index (κ2) is 7.15. The Bertz CT molecular complexity index is 723. The molecule has 0 saturated carbocycles. The molecular weight excluding hydrogens is 298 g/mol. The Morgan fingerprint density at radius 2 is 2.04 bits per heavy atom. The van der Waals surface area contributed by atoms with Gasteiger partial charge in [0.1, 0.15) is 0 Å². The molecule has 7 heteroatoms. The van der Waals surface area contributed by atoms with Gasteiger partial charge in [0, 0.05) is 25.6 Å². The van der Waals surface area contributed by atoms with Crippen LogP contribution in [0.1, 0.15) is 17.4 Å². The van der Waals surface area contributed by atoms with Crippen LogP contribution in [0.4, 0.5) is 10.5 Å². The van der Waals surface area contributed by atoms with Gasteiger partial charge < -0.3 is 25.0 Å². The molecule has 0 saturated heterocycles. The topological polar surface area (TPSA) is 92.6 Å². The van der Waals surface area contributed by atoms with Gasteiger partial charge in [-0.3, -0.25) is 0 Å². The third kappa shape index (κ3) is 3.45. The number of amides is 2. The Morgan fingerprint density at radius 3 is 2.70 bits per heavy atom. The second-order valence-electron chi connectivity index (χ2n) is 5.41. The van der Waals surface area contributed by atoms with Gasteiger partial charge in [0.25, 0.3) is 0 Å². The number of urea groups is 1. The van der Waals surface area contributed by atoms with Crippen molar-refractivity contribution in [3.8, 4) is 0 Å². The van der Waals surface area contributed by atoms with E-state index in [9.17, 15) is 9.59 Å². The smallest absolute Gasteiger partial charge is 0.356 e. The van der Waals surface area contributed by atoms with Gasteiger partial charge in [-0.1, -0.05) is 25.1 Å². The number of anilines is 1. The molecule has 0 fully saturated rings. The Labute approximate surface area is 134 Å². The highest BCUT2D eigenvalue weighted by atomic mass is 16.5. The van der Waals surface area contributed by atoms with E-state index in [0.29, 0.717) is 12.2 Å². The Balaban J connectivity index is 2.35. The summed E-state index contributed by atoms with van der Waals surface area (Å²) >= 11 is 0. The van der Waals surface area contributed by atoms with Crippen molar-refractivity contribution in [3.05, 3.63) is 30.0 Å². The van der Waals surface area contributed by atoms with E-state index < -0.39 is 12.0 Å². The summed E-state index contributed by atoms with van der Waals surface area (Å²) in [6.07, 6.45) is 0. The number of fused-ring (bicyclic) bond motifs is 1. The standard InChI is InChI=1S/C16H21N3O4/c1-10(9-20)8-17-16(22)18-13-11-6-4-5-7-12(11)19(2)14(13)15(21)23-3/h4-7,10,20H,8-9H2,1-3H3,(H2,17,18,22). The molecule has 1 aromatic carbocycles. The number of esters is 1. The number of nitrogens with zero attached hydrogens (tertiary/aromatic N) is 1. The number of hydrogen-bond acceptors (Lipinski definition) is 4. The fraction of sp³-hybridized carbons (Fsp3) is 0.375. The van der Waals surface area contributed by atoms with E-state index in [1.54, 1.807) is 11.6 Å². The van der Waals surface area contributed by atoms with Crippen LogP contribution in [-0.2, 0) is 11.8 Å². The SMILES string of the molecule is COC(=O)c1c(NC(=O)NCC(C)CO)c2ccccc2n1C. The fourth-order valence-electron chi connectivity index (χ4n) is 2.34. The van der Waals surface area contributed by atoms with Crippen molar-refractivity contribution >= 4 is 28.6 Å². The van der Waals surface area contributed by atoms with E-state index >= 15 is 0 Å². The molecule has 1 aromatic heterocycles. The van der Waals surface area contributed by atoms with Crippen LogP contribution in [0.15, 0.2) is 24.3 Å². The van der Waals surface area contributed by atoms with Crippen LogP contribution in [-0.4, -0.2) is 41.9 Å². The minimum absolute atomic E-state index is 0.0119. The molecule has 3 N–H and O–H groups in total. The number of carbonyl (C=O) groups is 2. The van der Waals surface area contributed by atoms with Crippen LogP contribution >= 0.6 is 0 Å². The molecule has 23 heavy (non-hydrogen) atoms. The minimum Gasteiger partial charge on any atom is -0.464 e. The lowest BCUT2D eigenvalue weighted by Crippen LogP contribution is -2.33. The fourth-order valence-corrected chi connectivity index (χ4v) is 2.34. The lowest BCUT2D eigenvalue weighted by atomic mass is 10.2. The van der Waals surface area contributed by atoms with Crippen molar-refractivity contribution in [2.75, 3.05) is 25.6 Å². The number of aromatic nitrogens is 1. The van der Waals surface area contributed by atoms with E-state index in [2.05, 4.69) is 10.6 Å². The molecule has 0 aliphatic rings. The first-order valence-electron chi connectivity index (χ1n) is 7.31. The number of carbonyl (C=O) groups excluding carboxylic acids is 2. The van der Waals surface area contributed by atoms with Crippen LogP contribution in [0.2, 0.25) is 0 Å². The predicted octanol–water partition coefficient (Wildman–Crippen LogP) is 1.71. The highest BCUT2D eigenvalue weighted by Crippen LogP contribution is 2.30. The molecule has 0 aliphatic heterocycles. The molecule has 1 atom stereocenters. The zero-order valence-electron chi connectivity index (χ0n) is 13.4. The van der Waals surface area contributed by atoms with Crippen molar-refractivity contribution < 1.29 is 19.4 Å². The number of methoxy groups -OCH3 is 1. The van der Waals surface area contributed by atoms with Gasteiger partial charge in [-0.25, -0.2) is 9.59 Å². The largest absolute Gasteiger partial charge is 0.464 e. The molecule has 1 unspecified atom stereocenters. The molecule has 2 aromatic rings. The van der Waals surface area contributed by atoms with Gasteiger partial charge in [-0.2, -0.15) is 0 Å². The molecule has 0 aliphatic carbocycles. The molecule has 2 rings (SSSR count). The number of benzene rings is 1. The molecule has 0 bridgehead atoms. The van der Waals surface area contributed by atoms with E-state index in [-0.39, 0.29) is 18.2 Å². The van der Waals surface area contributed by atoms with Crippen LogP contribution in [0.25, 0.3) is 10.9 Å².